The van der Waals surface area contributed by atoms with Gasteiger partial charge in [-0.25, -0.2) is 9.78 Å². The Bertz CT molecular complexity index is 308. The van der Waals surface area contributed by atoms with Crippen molar-refractivity contribution in [2.45, 2.75) is 25.4 Å². The van der Waals surface area contributed by atoms with Crippen molar-refractivity contribution < 1.29 is 14.6 Å². The Labute approximate surface area is 86.6 Å². The molecule has 14 heavy (non-hydrogen) atoms. The number of carboxylic acids is 1. The van der Waals surface area contributed by atoms with Crippen molar-refractivity contribution >= 4 is 17.3 Å². The van der Waals surface area contributed by atoms with Crippen LogP contribution in [0.3, 0.4) is 0 Å². The number of hydrogen-bond acceptors (Lipinski definition) is 4. The predicted molar refractivity (Wildman–Crippen MR) is 53.6 cm³/mol. The number of aromatic nitrogens is 1. The zero-order valence-corrected chi connectivity index (χ0v) is 9.17. The summed E-state index contributed by atoms with van der Waals surface area (Å²) in [6.07, 6.45) is -0.871. The van der Waals surface area contributed by atoms with Crippen LogP contribution in [0.5, 0.6) is 0 Å². The van der Waals surface area contributed by atoms with Gasteiger partial charge >= 0.3 is 5.97 Å². The molecule has 0 aliphatic heterocycles. The lowest BCUT2D eigenvalue weighted by Gasteiger charge is -2.28. The van der Waals surface area contributed by atoms with Gasteiger partial charge in [-0.2, -0.15) is 0 Å². The molecule has 4 nitrogen and oxygen atoms in total. The van der Waals surface area contributed by atoms with Gasteiger partial charge in [0.05, 0.1) is 11.2 Å². The van der Waals surface area contributed by atoms with Crippen LogP contribution in [0.15, 0.2) is 10.9 Å². The van der Waals surface area contributed by atoms with E-state index in [1.807, 2.05) is 19.2 Å². The van der Waals surface area contributed by atoms with E-state index in [1.54, 1.807) is 5.51 Å². The van der Waals surface area contributed by atoms with Crippen molar-refractivity contribution in [3.05, 3.63) is 16.6 Å². The molecule has 1 rings (SSSR count). The van der Waals surface area contributed by atoms with Crippen molar-refractivity contribution in [1.82, 2.24) is 4.98 Å². The number of thiazole rings is 1. The van der Waals surface area contributed by atoms with Gasteiger partial charge in [0.1, 0.15) is 0 Å². The maximum atomic E-state index is 10.9. The molecule has 0 amide bonds. The maximum absolute atomic E-state index is 10.9. The first-order chi connectivity index (χ1) is 6.50. The van der Waals surface area contributed by atoms with E-state index in [4.69, 9.17) is 9.84 Å². The summed E-state index contributed by atoms with van der Waals surface area (Å²) in [5.74, 6) is -0.967. The molecule has 0 aromatic carbocycles. The van der Waals surface area contributed by atoms with Crippen LogP contribution in [0.25, 0.3) is 0 Å². The summed E-state index contributed by atoms with van der Waals surface area (Å²) >= 11 is 1.45. The van der Waals surface area contributed by atoms with Gasteiger partial charge in [0.15, 0.2) is 6.10 Å². The largest absolute Gasteiger partial charge is 0.479 e. The molecular weight excluding hydrogens is 202 g/mol. The third-order valence-corrected chi connectivity index (χ3v) is 2.79. The first kappa shape index (κ1) is 11.1. The zero-order valence-electron chi connectivity index (χ0n) is 8.35. The standard InChI is InChI=1S/C9H13NO3S/c1-9(2,6-4-14-5-10-6)7(13-3)8(11)12/h4-5,7H,1-3H3,(H,11,12). The summed E-state index contributed by atoms with van der Waals surface area (Å²) in [6, 6.07) is 0. The van der Waals surface area contributed by atoms with Crippen molar-refractivity contribution in [2.24, 2.45) is 0 Å². The molecule has 0 aliphatic carbocycles. The van der Waals surface area contributed by atoms with Crippen molar-refractivity contribution in [1.29, 1.82) is 0 Å². The average Bonchev–Trinajstić information content (AvgIpc) is 2.55. The topological polar surface area (TPSA) is 59.4 Å². The molecule has 5 heteroatoms. The quantitative estimate of drug-likeness (QED) is 0.827. The van der Waals surface area contributed by atoms with Gasteiger partial charge in [-0.15, -0.1) is 11.3 Å². The SMILES string of the molecule is COC(C(=O)O)C(C)(C)c1cscn1. The molecule has 0 spiro atoms. The number of nitrogens with zero attached hydrogens (tertiary/aromatic N) is 1. The molecule has 1 atom stereocenters. The molecule has 0 aliphatic rings. The van der Waals surface area contributed by atoms with Crippen LogP contribution >= 0.6 is 11.3 Å². The number of methoxy groups -OCH3 is 1. The van der Waals surface area contributed by atoms with Crippen LogP contribution in [0, 0.1) is 0 Å². The molecular formula is C9H13NO3S. The highest BCUT2D eigenvalue weighted by molar-refractivity contribution is 7.07. The minimum atomic E-state index is -0.967. The Morgan fingerprint density at radius 3 is 2.71 bits per heavy atom. The fourth-order valence-electron chi connectivity index (χ4n) is 1.37. The maximum Gasteiger partial charge on any atom is 0.333 e. The van der Waals surface area contributed by atoms with Crippen LogP contribution in [-0.2, 0) is 14.9 Å². The monoisotopic (exact) mass is 215 g/mol. The van der Waals surface area contributed by atoms with E-state index in [0.717, 1.165) is 5.69 Å². The lowest BCUT2D eigenvalue weighted by molar-refractivity contribution is -0.152. The van der Waals surface area contributed by atoms with E-state index < -0.39 is 17.5 Å². The highest BCUT2D eigenvalue weighted by Gasteiger charge is 2.38. The molecule has 1 heterocycles. The Hall–Kier alpha value is -0.940. The molecule has 1 aromatic heterocycles. The van der Waals surface area contributed by atoms with Gasteiger partial charge in [0, 0.05) is 17.9 Å². The molecule has 1 aromatic rings. The number of aliphatic carboxylic acids is 1. The molecule has 0 saturated carbocycles. The highest BCUT2D eigenvalue weighted by Crippen LogP contribution is 2.28. The summed E-state index contributed by atoms with van der Waals surface area (Å²) in [7, 11) is 1.40. The van der Waals surface area contributed by atoms with Crippen molar-refractivity contribution in [3.8, 4) is 0 Å². The average molecular weight is 215 g/mol. The molecule has 0 bridgehead atoms. The molecule has 1 N–H and O–H groups in total. The molecule has 0 saturated heterocycles. The number of carbonyl (C=O) groups is 1. The van der Waals surface area contributed by atoms with Gasteiger partial charge in [-0.05, 0) is 0 Å². The summed E-state index contributed by atoms with van der Waals surface area (Å²) in [6.45, 7) is 3.62. The number of rotatable bonds is 4. The van der Waals surface area contributed by atoms with E-state index in [1.165, 1.54) is 18.4 Å². The number of ether oxygens (including phenoxy) is 1. The summed E-state index contributed by atoms with van der Waals surface area (Å²) in [4.78, 5) is 15.0. The molecule has 0 fully saturated rings. The van der Waals surface area contributed by atoms with E-state index in [-0.39, 0.29) is 0 Å². The lowest BCUT2D eigenvalue weighted by atomic mass is 9.83. The Morgan fingerprint density at radius 2 is 2.36 bits per heavy atom. The Kier molecular flexibility index (Phi) is 3.23. The van der Waals surface area contributed by atoms with Gasteiger partial charge in [-0.3, -0.25) is 0 Å². The second-order valence-corrected chi connectivity index (χ2v) is 4.27. The Morgan fingerprint density at radius 1 is 1.71 bits per heavy atom. The molecule has 0 radical (unpaired) electrons. The van der Waals surface area contributed by atoms with Gasteiger partial charge < -0.3 is 9.84 Å². The zero-order chi connectivity index (χ0) is 10.8. The van der Waals surface area contributed by atoms with E-state index in [9.17, 15) is 4.79 Å². The van der Waals surface area contributed by atoms with Crippen LogP contribution in [-0.4, -0.2) is 29.3 Å². The van der Waals surface area contributed by atoms with Gasteiger partial charge in [0.2, 0.25) is 0 Å². The highest BCUT2D eigenvalue weighted by atomic mass is 32.1. The summed E-state index contributed by atoms with van der Waals surface area (Å²) < 4.78 is 4.97. The predicted octanol–water partition coefficient (Wildman–Crippen LogP) is 1.52. The normalized spacial score (nSPS) is 13.9. The molecule has 78 valence electrons. The number of carboxylic acid groups (broad SMARTS) is 1. The minimum Gasteiger partial charge on any atom is -0.479 e. The van der Waals surface area contributed by atoms with E-state index in [0.29, 0.717) is 0 Å². The molecule has 1 unspecified atom stereocenters. The number of hydrogen-bond donors (Lipinski definition) is 1. The lowest BCUT2D eigenvalue weighted by Crippen LogP contribution is -2.41. The van der Waals surface area contributed by atoms with Gasteiger partial charge in [-0.1, -0.05) is 13.8 Å². The third-order valence-electron chi connectivity index (χ3n) is 2.21. The van der Waals surface area contributed by atoms with Crippen molar-refractivity contribution in [2.75, 3.05) is 7.11 Å². The van der Waals surface area contributed by atoms with Crippen LogP contribution in [0.2, 0.25) is 0 Å². The third kappa shape index (κ3) is 1.93. The summed E-state index contributed by atoms with van der Waals surface area (Å²) in [5.41, 5.74) is 1.82. The van der Waals surface area contributed by atoms with Crippen LogP contribution in [0.4, 0.5) is 0 Å². The van der Waals surface area contributed by atoms with Gasteiger partial charge in [0.25, 0.3) is 0 Å². The van der Waals surface area contributed by atoms with Crippen molar-refractivity contribution in [3.63, 3.8) is 0 Å². The van der Waals surface area contributed by atoms with E-state index in [2.05, 4.69) is 4.98 Å². The smallest absolute Gasteiger partial charge is 0.333 e. The second-order valence-electron chi connectivity index (χ2n) is 3.55. The fraction of sp³-hybridized carbons (Fsp3) is 0.556. The second kappa shape index (κ2) is 4.06. The van der Waals surface area contributed by atoms with Crippen LogP contribution < -0.4 is 0 Å². The Balaban J connectivity index is 2.99. The van der Waals surface area contributed by atoms with Crippen LogP contribution in [0.1, 0.15) is 19.5 Å². The summed E-state index contributed by atoms with van der Waals surface area (Å²) in [5, 5.41) is 10.8. The minimum absolute atomic E-state index is 0.611. The fourth-order valence-corrected chi connectivity index (χ4v) is 2.10. The first-order valence-electron chi connectivity index (χ1n) is 4.14. The van der Waals surface area contributed by atoms with E-state index >= 15 is 0 Å². The first-order valence-corrected chi connectivity index (χ1v) is 5.08.